The normalized spacial score (nSPS) is 13.9. The van der Waals surface area contributed by atoms with E-state index >= 15 is 0 Å². The van der Waals surface area contributed by atoms with Gasteiger partial charge in [-0.1, -0.05) is 20.8 Å². The molecule has 6 nitrogen and oxygen atoms in total. The van der Waals surface area contributed by atoms with E-state index in [0.29, 0.717) is 0 Å². The third kappa shape index (κ3) is 3.97. The number of hydrogen-bond acceptors (Lipinski definition) is 4. The summed E-state index contributed by atoms with van der Waals surface area (Å²) in [5.41, 5.74) is 6.45. The van der Waals surface area contributed by atoms with Gasteiger partial charge < -0.3 is 5.11 Å². The van der Waals surface area contributed by atoms with Crippen LogP contribution in [0.4, 0.5) is 0 Å². The van der Waals surface area contributed by atoms with Crippen LogP contribution in [-0.2, 0) is 4.79 Å². The van der Waals surface area contributed by atoms with Gasteiger partial charge in [0, 0.05) is 5.41 Å². The van der Waals surface area contributed by atoms with Crippen LogP contribution < -0.4 is 0 Å². The van der Waals surface area contributed by atoms with E-state index in [1.54, 1.807) is 0 Å². The lowest BCUT2D eigenvalue weighted by Gasteiger charge is -2.19. The van der Waals surface area contributed by atoms with Crippen LogP contribution in [0.5, 0.6) is 0 Å². The number of aliphatic carboxylic acids is 1. The standard InChI is InChI=1S/C9H16N4O2/c1-5-9(3,4)8(11-10)13-12-6(2)7(14)15/h10H,5H2,1-4H3,(H,14,15). The summed E-state index contributed by atoms with van der Waals surface area (Å²) in [6.45, 7) is 7.02. The van der Waals surface area contributed by atoms with Crippen molar-refractivity contribution in [2.75, 3.05) is 0 Å². The van der Waals surface area contributed by atoms with Gasteiger partial charge in [0.1, 0.15) is 5.71 Å². The van der Waals surface area contributed by atoms with E-state index in [4.69, 9.17) is 10.6 Å². The number of carbonyl (C=O) groups is 1. The van der Waals surface area contributed by atoms with Crippen molar-refractivity contribution in [1.29, 1.82) is 5.53 Å². The molecule has 0 atom stereocenters. The van der Waals surface area contributed by atoms with Gasteiger partial charge in [0.05, 0.1) is 0 Å². The van der Waals surface area contributed by atoms with Crippen molar-refractivity contribution >= 4 is 17.5 Å². The van der Waals surface area contributed by atoms with Crippen molar-refractivity contribution in [1.82, 2.24) is 0 Å². The summed E-state index contributed by atoms with van der Waals surface area (Å²) in [5.74, 6) is -0.900. The Balaban J connectivity index is 5.00. The highest BCUT2D eigenvalue weighted by Gasteiger charge is 2.23. The average Bonchev–Trinajstić information content (AvgIpc) is 2.17. The van der Waals surface area contributed by atoms with Gasteiger partial charge in [-0.05, 0) is 13.3 Å². The molecular formula is C9H16N4O2. The van der Waals surface area contributed by atoms with Crippen LogP contribution in [0.3, 0.4) is 0 Å². The maximum absolute atomic E-state index is 10.4. The first kappa shape index (κ1) is 13.4. The quantitative estimate of drug-likeness (QED) is 0.323. The summed E-state index contributed by atoms with van der Waals surface area (Å²) in [6, 6.07) is 0. The van der Waals surface area contributed by atoms with Gasteiger partial charge in [-0.25, -0.2) is 10.3 Å². The molecule has 0 unspecified atom stereocenters. The van der Waals surface area contributed by atoms with Crippen molar-refractivity contribution in [3.8, 4) is 0 Å². The van der Waals surface area contributed by atoms with Crippen LogP contribution >= 0.6 is 0 Å². The minimum atomic E-state index is -1.13. The molecule has 0 bridgehead atoms. The van der Waals surface area contributed by atoms with E-state index < -0.39 is 5.97 Å². The summed E-state index contributed by atoms with van der Waals surface area (Å²) in [6.07, 6.45) is 0.746. The zero-order chi connectivity index (χ0) is 12.1. The van der Waals surface area contributed by atoms with Crippen LogP contribution in [0, 0.1) is 10.9 Å². The molecular weight excluding hydrogens is 196 g/mol. The highest BCUT2D eigenvalue weighted by atomic mass is 16.4. The summed E-state index contributed by atoms with van der Waals surface area (Å²) >= 11 is 0. The monoisotopic (exact) mass is 212 g/mol. The molecule has 0 aliphatic heterocycles. The number of carboxylic acids is 1. The molecule has 0 aliphatic rings. The molecule has 2 N–H and O–H groups in total. The number of hydrogen-bond donors (Lipinski definition) is 2. The molecule has 0 aromatic heterocycles. The third-order valence-corrected chi connectivity index (χ3v) is 2.20. The maximum Gasteiger partial charge on any atom is 0.351 e. The Hall–Kier alpha value is -1.59. The van der Waals surface area contributed by atoms with Gasteiger partial charge in [-0.2, -0.15) is 0 Å². The molecule has 0 radical (unpaired) electrons. The number of amidine groups is 1. The predicted molar refractivity (Wildman–Crippen MR) is 57.4 cm³/mol. The lowest BCUT2D eigenvalue weighted by Crippen LogP contribution is -2.21. The van der Waals surface area contributed by atoms with E-state index in [0.717, 1.165) is 6.42 Å². The fraction of sp³-hybridized carbons (Fsp3) is 0.667. The second kappa shape index (κ2) is 5.33. The first-order valence-corrected chi connectivity index (χ1v) is 4.58. The van der Waals surface area contributed by atoms with E-state index in [9.17, 15) is 4.79 Å². The van der Waals surface area contributed by atoms with E-state index in [2.05, 4.69) is 15.3 Å². The molecule has 0 heterocycles. The SMILES string of the molecule is CCC(C)(C)C(N=N)=NN=C(C)C(=O)O. The fourth-order valence-corrected chi connectivity index (χ4v) is 0.632. The second-order valence-electron chi connectivity index (χ2n) is 3.76. The first-order chi connectivity index (χ1) is 6.85. The minimum Gasteiger partial charge on any atom is -0.477 e. The van der Waals surface area contributed by atoms with Crippen molar-refractivity contribution < 1.29 is 9.90 Å². The Morgan fingerprint density at radius 2 is 1.93 bits per heavy atom. The van der Waals surface area contributed by atoms with E-state index in [1.807, 2.05) is 20.8 Å². The van der Waals surface area contributed by atoms with Crippen LogP contribution in [0.1, 0.15) is 34.1 Å². The molecule has 0 saturated heterocycles. The molecule has 15 heavy (non-hydrogen) atoms. The summed E-state index contributed by atoms with van der Waals surface area (Å²) in [5, 5.41) is 19.0. The van der Waals surface area contributed by atoms with Gasteiger partial charge in [-0.15, -0.1) is 15.3 Å². The highest BCUT2D eigenvalue weighted by Crippen LogP contribution is 2.22. The van der Waals surface area contributed by atoms with Crippen LogP contribution in [0.25, 0.3) is 0 Å². The van der Waals surface area contributed by atoms with Gasteiger partial charge in [-0.3, -0.25) is 0 Å². The Labute approximate surface area is 88.6 Å². The van der Waals surface area contributed by atoms with E-state index in [-0.39, 0.29) is 17.0 Å². The first-order valence-electron chi connectivity index (χ1n) is 4.58. The fourth-order valence-electron chi connectivity index (χ4n) is 0.632. The molecule has 0 spiro atoms. The molecule has 0 aliphatic carbocycles. The maximum atomic E-state index is 10.4. The largest absolute Gasteiger partial charge is 0.477 e. The molecule has 84 valence electrons. The van der Waals surface area contributed by atoms with Gasteiger partial charge in [0.25, 0.3) is 0 Å². The smallest absolute Gasteiger partial charge is 0.351 e. The van der Waals surface area contributed by atoms with Gasteiger partial charge in [0.2, 0.25) is 0 Å². The molecule has 0 saturated carbocycles. The molecule has 0 aromatic rings. The van der Waals surface area contributed by atoms with Crippen LogP contribution in [0.2, 0.25) is 0 Å². The molecule has 0 fully saturated rings. The van der Waals surface area contributed by atoms with Crippen LogP contribution in [-0.4, -0.2) is 22.6 Å². The minimum absolute atomic E-state index is 0.122. The summed E-state index contributed by atoms with van der Waals surface area (Å²) in [4.78, 5) is 10.4. The summed E-state index contributed by atoms with van der Waals surface area (Å²) in [7, 11) is 0. The second-order valence-corrected chi connectivity index (χ2v) is 3.76. The van der Waals surface area contributed by atoms with Gasteiger partial charge in [0.15, 0.2) is 5.84 Å². The zero-order valence-electron chi connectivity index (χ0n) is 9.40. The number of nitrogens with one attached hydrogen (secondary N) is 1. The van der Waals surface area contributed by atoms with Crippen molar-refractivity contribution in [2.45, 2.75) is 34.1 Å². The Kier molecular flexibility index (Phi) is 4.77. The predicted octanol–water partition coefficient (Wildman–Crippen LogP) is 2.31. The lowest BCUT2D eigenvalue weighted by atomic mass is 9.89. The molecule has 6 heteroatoms. The lowest BCUT2D eigenvalue weighted by molar-refractivity contribution is -0.129. The molecule has 0 amide bonds. The number of carboxylic acid groups (broad SMARTS) is 1. The van der Waals surface area contributed by atoms with Crippen molar-refractivity contribution in [2.24, 2.45) is 20.7 Å². The number of nitrogens with zero attached hydrogens (tertiary/aromatic N) is 3. The van der Waals surface area contributed by atoms with Crippen molar-refractivity contribution in [3.63, 3.8) is 0 Å². The average molecular weight is 212 g/mol. The molecule has 0 rings (SSSR count). The zero-order valence-corrected chi connectivity index (χ0v) is 9.40. The molecule has 0 aromatic carbocycles. The topological polar surface area (TPSA) is 98.2 Å². The highest BCUT2D eigenvalue weighted by molar-refractivity contribution is 6.34. The van der Waals surface area contributed by atoms with Crippen LogP contribution in [0.15, 0.2) is 15.3 Å². The Morgan fingerprint density at radius 1 is 1.40 bits per heavy atom. The Morgan fingerprint density at radius 3 is 2.27 bits per heavy atom. The third-order valence-electron chi connectivity index (χ3n) is 2.20. The summed E-state index contributed by atoms with van der Waals surface area (Å²) < 4.78 is 0. The van der Waals surface area contributed by atoms with Crippen molar-refractivity contribution in [3.05, 3.63) is 0 Å². The van der Waals surface area contributed by atoms with E-state index in [1.165, 1.54) is 6.92 Å². The number of rotatable bonds is 4. The Bertz CT molecular complexity index is 318. The van der Waals surface area contributed by atoms with Gasteiger partial charge >= 0.3 is 5.97 Å².